The number of aliphatic hydroxyl groups excluding tert-OH is 1. The summed E-state index contributed by atoms with van der Waals surface area (Å²) in [4.78, 5) is 27.1. The summed E-state index contributed by atoms with van der Waals surface area (Å²) in [6.07, 6.45) is 1.33. The molecule has 1 unspecified atom stereocenters. The van der Waals surface area contributed by atoms with E-state index in [0.717, 1.165) is 0 Å². The van der Waals surface area contributed by atoms with Crippen molar-refractivity contribution in [2.45, 2.75) is 12.6 Å². The summed E-state index contributed by atoms with van der Waals surface area (Å²) < 4.78 is 18.4. The fraction of sp³-hybridized carbons (Fsp3) is 0.0909. The zero-order chi connectivity index (χ0) is 20.5. The second-order valence-corrected chi connectivity index (χ2v) is 6.62. The summed E-state index contributed by atoms with van der Waals surface area (Å²) in [6.45, 7) is 0.0453. The highest BCUT2D eigenvalue weighted by Gasteiger charge is 2.44. The normalized spacial score (nSPS) is 16.5. The van der Waals surface area contributed by atoms with Crippen molar-refractivity contribution in [3.8, 4) is 5.75 Å². The molecule has 6 nitrogen and oxygen atoms in total. The number of hydrogen-bond donors (Lipinski definition) is 2. The van der Waals surface area contributed by atoms with Crippen LogP contribution in [-0.4, -0.2) is 26.8 Å². The number of ketones is 1. The highest BCUT2D eigenvalue weighted by atomic mass is 19.1. The minimum absolute atomic E-state index is 0.00763. The number of amides is 1. The van der Waals surface area contributed by atoms with Gasteiger partial charge in [-0.1, -0.05) is 24.3 Å². The van der Waals surface area contributed by atoms with Crippen molar-refractivity contribution in [2.24, 2.45) is 0 Å². The molecule has 0 aliphatic carbocycles. The van der Waals surface area contributed by atoms with Crippen molar-refractivity contribution in [1.82, 2.24) is 4.90 Å². The third-order valence-electron chi connectivity index (χ3n) is 4.77. The van der Waals surface area contributed by atoms with Gasteiger partial charge in [0.05, 0.1) is 17.9 Å². The lowest BCUT2D eigenvalue weighted by Crippen LogP contribution is -2.30. The lowest BCUT2D eigenvalue weighted by atomic mass is 9.95. The van der Waals surface area contributed by atoms with Gasteiger partial charge in [-0.3, -0.25) is 9.59 Å². The Morgan fingerprint density at radius 3 is 2.34 bits per heavy atom. The Balaban J connectivity index is 1.78. The van der Waals surface area contributed by atoms with Crippen molar-refractivity contribution in [3.05, 3.63) is 101 Å². The van der Waals surface area contributed by atoms with Crippen molar-refractivity contribution in [2.75, 3.05) is 0 Å². The summed E-state index contributed by atoms with van der Waals surface area (Å²) in [6, 6.07) is 13.7. The molecular weight excluding hydrogens is 377 g/mol. The van der Waals surface area contributed by atoms with Gasteiger partial charge in [0, 0.05) is 6.54 Å². The van der Waals surface area contributed by atoms with Gasteiger partial charge in [-0.05, 0) is 47.5 Å². The predicted molar refractivity (Wildman–Crippen MR) is 100 cm³/mol. The highest BCUT2D eigenvalue weighted by Crippen LogP contribution is 2.40. The van der Waals surface area contributed by atoms with Crippen LogP contribution in [-0.2, 0) is 11.3 Å². The Hall–Kier alpha value is -3.87. The second-order valence-electron chi connectivity index (χ2n) is 6.62. The van der Waals surface area contributed by atoms with E-state index in [0.29, 0.717) is 11.1 Å². The molecule has 2 heterocycles. The van der Waals surface area contributed by atoms with E-state index in [9.17, 15) is 24.2 Å². The van der Waals surface area contributed by atoms with Gasteiger partial charge in [0.15, 0.2) is 11.5 Å². The van der Waals surface area contributed by atoms with E-state index < -0.39 is 29.3 Å². The average molecular weight is 393 g/mol. The minimum Gasteiger partial charge on any atom is -0.508 e. The van der Waals surface area contributed by atoms with Crippen LogP contribution < -0.4 is 0 Å². The molecule has 3 aromatic rings. The highest BCUT2D eigenvalue weighted by molar-refractivity contribution is 6.14. The van der Waals surface area contributed by atoms with Crippen LogP contribution in [0.1, 0.15) is 27.7 Å². The number of aromatic hydroxyl groups is 1. The molecule has 1 aliphatic rings. The van der Waals surface area contributed by atoms with Gasteiger partial charge in [0.1, 0.15) is 11.6 Å². The molecule has 0 spiro atoms. The number of rotatable bonds is 5. The third kappa shape index (κ3) is 3.38. The fourth-order valence-corrected chi connectivity index (χ4v) is 3.38. The lowest BCUT2D eigenvalue weighted by Gasteiger charge is -2.26. The zero-order valence-electron chi connectivity index (χ0n) is 15.1. The number of carbonyl (C=O) groups is 2. The van der Waals surface area contributed by atoms with Gasteiger partial charge in [-0.2, -0.15) is 0 Å². The molecule has 1 amide bonds. The quantitative estimate of drug-likeness (QED) is 0.642. The first kappa shape index (κ1) is 18.5. The van der Waals surface area contributed by atoms with E-state index in [4.69, 9.17) is 4.42 Å². The topological polar surface area (TPSA) is 91.0 Å². The molecule has 1 aromatic heterocycles. The molecule has 29 heavy (non-hydrogen) atoms. The number of aliphatic hydroxyl groups is 1. The Morgan fingerprint density at radius 1 is 1.03 bits per heavy atom. The van der Waals surface area contributed by atoms with Crippen LogP contribution in [0.5, 0.6) is 5.75 Å². The van der Waals surface area contributed by atoms with Crippen LogP contribution in [0.25, 0.3) is 0 Å². The molecule has 0 radical (unpaired) electrons. The molecule has 0 saturated heterocycles. The molecule has 1 aliphatic heterocycles. The average Bonchev–Trinajstić information content (AvgIpc) is 3.33. The molecule has 1 atom stereocenters. The molecule has 7 heteroatoms. The van der Waals surface area contributed by atoms with Crippen molar-refractivity contribution in [3.63, 3.8) is 0 Å². The maximum Gasteiger partial charge on any atom is 0.290 e. The Bertz CT molecular complexity index is 1090. The molecule has 0 saturated carbocycles. The Kier molecular flexibility index (Phi) is 4.64. The van der Waals surface area contributed by atoms with Crippen molar-refractivity contribution >= 4 is 11.7 Å². The predicted octanol–water partition coefficient (Wildman–Crippen LogP) is 3.90. The third-order valence-corrected chi connectivity index (χ3v) is 4.77. The number of benzene rings is 2. The maximum absolute atomic E-state index is 13.2. The monoisotopic (exact) mass is 393 g/mol. The number of halogens is 1. The van der Waals surface area contributed by atoms with Gasteiger partial charge in [-0.15, -0.1) is 0 Å². The zero-order valence-corrected chi connectivity index (χ0v) is 15.1. The number of phenolic OH excluding ortho intramolecular Hbond substituents is 1. The van der Waals surface area contributed by atoms with Gasteiger partial charge in [0.25, 0.3) is 5.91 Å². The first-order valence-corrected chi connectivity index (χ1v) is 8.81. The Morgan fingerprint density at radius 2 is 1.72 bits per heavy atom. The summed E-state index contributed by atoms with van der Waals surface area (Å²) in [7, 11) is 0. The summed E-state index contributed by atoms with van der Waals surface area (Å²) >= 11 is 0. The van der Waals surface area contributed by atoms with E-state index in [1.54, 1.807) is 12.1 Å². The Labute approximate surface area is 165 Å². The van der Waals surface area contributed by atoms with Gasteiger partial charge >= 0.3 is 0 Å². The molecule has 2 N–H and O–H groups in total. The molecule has 146 valence electrons. The number of hydrogen-bond acceptors (Lipinski definition) is 5. The SMILES string of the molecule is O=C(C1=C(O)C(=O)N(Cc2ccc(F)cc2)C1c1ccc(O)cc1)c1ccco1. The second kappa shape index (κ2) is 7.27. The molecule has 0 fully saturated rings. The summed E-state index contributed by atoms with van der Waals surface area (Å²) in [5.41, 5.74) is 1.04. The summed E-state index contributed by atoms with van der Waals surface area (Å²) in [5, 5.41) is 20.1. The van der Waals surface area contributed by atoms with Crippen LogP contribution in [0.3, 0.4) is 0 Å². The molecule has 2 aromatic carbocycles. The number of nitrogens with zero attached hydrogens (tertiary/aromatic N) is 1. The lowest BCUT2D eigenvalue weighted by molar-refractivity contribution is -0.130. The largest absolute Gasteiger partial charge is 0.508 e. The first-order valence-electron chi connectivity index (χ1n) is 8.81. The van der Waals surface area contributed by atoms with E-state index >= 15 is 0 Å². The molecular formula is C22H16FNO5. The standard InChI is InChI=1S/C22H16FNO5/c23-15-7-3-13(4-8-15)12-24-19(14-5-9-16(25)10-6-14)18(21(27)22(24)28)20(26)17-2-1-11-29-17/h1-11,19,25,27H,12H2. The minimum atomic E-state index is -0.897. The van der Waals surface area contributed by atoms with Crippen LogP contribution in [0, 0.1) is 5.82 Å². The van der Waals surface area contributed by atoms with E-state index in [1.165, 1.54) is 59.7 Å². The summed E-state index contributed by atoms with van der Waals surface area (Å²) in [5.74, 6) is -2.39. The van der Waals surface area contributed by atoms with Crippen LogP contribution in [0.2, 0.25) is 0 Å². The van der Waals surface area contributed by atoms with Gasteiger partial charge < -0.3 is 19.5 Å². The first-order chi connectivity index (χ1) is 14.0. The van der Waals surface area contributed by atoms with Crippen LogP contribution in [0.4, 0.5) is 4.39 Å². The van der Waals surface area contributed by atoms with Crippen LogP contribution in [0.15, 0.2) is 82.7 Å². The van der Waals surface area contributed by atoms with Gasteiger partial charge in [-0.25, -0.2) is 4.39 Å². The molecule has 0 bridgehead atoms. The van der Waals surface area contributed by atoms with Gasteiger partial charge in [0.2, 0.25) is 5.78 Å². The van der Waals surface area contributed by atoms with Crippen LogP contribution >= 0.6 is 0 Å². The van der Waals surface area contributed by atoms with E-state index in [-0.39, 0.29) is 23.6 Å². The van der Waals surface area contributed by atoms with Crippen molar-refractivity contribution in [1.29, 1.82) is 0 Å². The number of carbonyl (C=O) groups excluding carboxylic acids is 2. The van der Waals surface area contributed by atoms with E-state index in [1.807, 2.05) is 0 Å². The number of furan rings is 1. The fourth-order valence-electron chi connectivity index (χ4n) is 3.38. The van der Waals surface area contributed by atoms with E-state index in [2.05, 4.69) is 0 Å². The number of phenols is 1. The maximum atomic E-state index is 13.2. The molecule has 4 rings (SSSR count). The van der Waals surface area contributed by atoms with Crippen molar-refractivity contribution < 1.29 is 28.6 Å². The number of Topliss-reactive ketones (excluding diaryl/α,β-unsaturated/α-hetero) is 1. The smallest absolute Gasteiger partial charge is 0.290 e.